The van der Waals surface area contributed by atoms with Crippen LogP contribution in [0.4, 0.5) is 32.3 Å². The molecule has 0 atom stereocenters. The van der Waals surface area contributed by atoms with Crippen LogP contribution in [0, 0.1) is 6.92 Å². The topological polar surface area (TPSA) is 64.7 Å². The number of halogens is 6. The number of anilines is 1. The average molecular weight is 539 g/mol. The second-order valence-electron chi connectivity index (χ2n) is 8.84. The molecule has 7 nitrogen and oxygen atoms in total. The van der Waals surface area contributed by atoms with Gasteiger partial charge in [-0.2, -0.15) is 31.1 Å². The van der Waals surface area contributed by atoms with Crippen LogP contribution in [0.25, 0.3) is 11.0 Å². The zero-order valence-electron chi connectivity index (χ0n) is 21.0. The molecule has 0 saturated heterocycles. The molecule has 0 amide bonds. The van der Waals surface area contributed by atoms with Crippen molar-refractivity contribution in [1.82, 2.24) is 29.8 Å². The Hall–Kier alpha value is -3.64. The molecule has 4 aromatic rings. The lowest BCUT2D eigenvalue weighted by molar-refractivity contribution is -0.143. The third kappa shape index (κ3) is 5.60. The van der Waals surface area contributed by atoms with Gasteiger partial charge < -0.3 is 9.47 Å². The predicted octanol–water partition coefficient (Wildman–Crippen LogP) is 5.76. The van der Waals surface area contributed by atoms with Gasteiger partial charge in [0.1, 0.15) is 5.65 Å². The highest BCUT2D eigenvalue weighted by atomic mass is 19.4. The van der Waals surface area contributed by atoms with Crippen molar-refractivity contribution >= 4 is 17.0 Å². The van der Waals surface area contributed by atoms with Crippen molar-refractivity contribution in [2.45, 2.75) is 58.7 Å². The highest BCUT2D eigenvalue weighted by molar-refractivity contribution is 5.79. The normalized spacial score (nSPS) is 12.5. The molecule has 0 spiro atoms. The van der Waals surface area contributed by atoms with E-state index in [-0.39, 0.29) is 30.7 Å². The number of nitrogens with zero attached hydrogens (tertiary/aromatic N) is 7. The van der Waals surface area contributed by atoms with Crippen LogP contribution in [0.5, 0.6) is 0 Å². The molecule has 4 rings (SSSR count). The zero-order valence-corrected chi connectivity index (χ0v) is 21.0. The summed E-state index contributed by atoms with van der Waals surface area (Å²) >= 11 is 0. The quantitative estimate of drug-likeness (QED) is 0.267. The number of fused-ring (bicyclic) bond motifs is 1. The predicted molar refractivity (Wildman–Crippen MR) is 129 cm³/mol. The van der Waals surface area contributed by atoms with E-state index in [1.54, 1.807) is 0 Å². The third-order valence-corrected chi connectivity index (χ3v) is 6.20. The fraction of sp³-hybridized carbons (Fsp3) is 0.400. The molecule has 1 radical (unpaired) electrons. The third-order valence-electron chi connectivity index (χ3n) is 6.20. The standard InChI is InChI=1S/C25H26F6N7/c1-5-20-11-16-10-17(21(6-2)32-22(16)38(20)7-3)14-37(23-33-35-36(4)34-23)13-15-8-18(24(26,27)28)12-19(9-15)25(29,30)31/h8-12H,2,5-7,13-14H2,1,3-4H3. The Balaban J connectivity index is 1.79. The molecule has 0 aliphatic carbocycles. The highest BCUT2D eigenvalue weighted by Gasteiger charge is 2.37. The summed E-state index contributed by atoms with van der Waals surface area (Å²) in [6.45, 7) is 8.48. The summed E-state index contributed by atoms with van der Waals surface area (Å²) in [5, 5.41) is 12.8. The van der Waals surface area contributed by atoms with Gasteiger partial charge in [0, 0.05) is 36.4 Å². The molecule has 0 N–H and O–H groups in total. The van der Waals surface area contributed by atoms with Crippen LogP contribution in [0.2, 0.25) is 0 Å². The molecule has 38 heavy (non-hydrogen) atoms. The maximum Gasteiger partial charge on any atom is 0.416 e. The maximum absolute atomic E-state index is 13.5. The maximum atomic E-state index is 13.5. The van der Waals surface area contributed by atoms with Crippen molar-refractivity contribution in [3.63, 3.8) is 0 Å². The Kier molecular flexibility index (Phi) is 7.39. The van der Waals surface area contributed by atoms with Gasteiger partial charge in [-0.05, 0) is 73.4 Å². The van der Waals surface area contributed by atoms with Crippen LogP contribution in [0.15, 0.2) is 30.3 Å². The molecule has 0 aliphatic rings. The van der Waals surface area contributed by atoms with Gasteiger partial charge in [0.2, 0.25) is 0 Å². The lowest BCUT2D eigenvalue weighted by Gasteiger charge is -2.23. The van der Waals surface area contributed by atoms with Crippen LogP contribution in [0.1, 0.15) is 47.5 Å². The molecule has 0 unspecified atom stereocenters. The second kappa shape index (κ2) is 10.3. The van der Waals surface area contributed by atoms with Crippen LogP contribution in [-0.4, -0.2) is 29.8 Å². The van der Waals surface area contributed by atoms with Gasteiger partial charge in [-0.15, -0.1) is 5.10 Å². The number of benzene rings is 1. The van der Waals surface area contributed by atoms with Crippen molar-refractivity contribution in [1.29, 1.82) is 0 Å². The molecule has 0 bridgehead atoms. The summed E-state index contributed by atoms with van der Waals surface area (Å²) < 4.78 is 82.8. The number of hydrogen-bond acceptors (Lipinski definition) is 5. The lowest BCUT2D eigenvalue weighted by atomic mass is 10.0. The zero-order chi connectivity index (χ0) is 27.8. The van der Waals surface area contributed by atoms with E-state index in [9.17, 15) is 26.3 Å². The number of rotatable bonds is 8. The van der Waals surface area contributed by atoms with Crippen LogP contribution in [-0.2, 0) is 51.9 Å². The van der Waals surface area contributed by atoms with Gasteiger partial charge in [-0.25, -0.2) is 4.98 Å². The molecule has 3 heterocycles. The van der Waals surface area contributed by atoms with Crippen LogP contribution in [0.3, 0.4) is 0 Å². The Bertz CT molecular complexity index is 1400. The Morgan fingerprint density at radius 3 is 2.08 bits per heavy atom. The van der Waals surface area contributed by atoms with E-state index in [4.69, 9.17) is 4.98 Å². The van der Waals surface area contributed by atoms with Gasteiger partial charge in [0.15, 0.2) is 0 Å². The summed E-state index contributed by atoms with van der Waals surface area (Å²) in [4.78, 5) is 7.43. The van der Waals surface area contributed by atoms with Gasteiger partial charge in [-0.3, -0.25) is 0 Å². The average Bonchev–Trinajstić information content (AvgIpc) is 3.44. The largest absolute Gasteiger partial charge is 0.416 e. The minimum atomic E-state index is -4.95. The number of tetrazole rings is 1. The van der Waals surface area contributed by atoms with Crippen molar-refractivity contribution in [2.24, 2.45) is 7.05 Å². The second-order valence-corrected chi connectivity index (χ2v) is 8.84. The molecule has 3 aromatic heterocycles. The minimum Gasteiger partial charge on any atom is -0.330 e. The molecular weight excluding hydrogens is 512 g/mol. The van der Waals surface area contributed by atoms with Gasteiger partial charge >= 0.3 is 12.4 Å². The molecule has 13 heteroatoms. The number of pyridine rings is 1. The van der Waals surface area contributed by atoms with Crippen LogP contribution < -0.4 is 4.90 Å². The van der Waals surface area contributed by atoms with E-state index in [1.807, 2.05) is 26.0 Å². The van der Waals surface area contributed by atoms with Gasteiger partial charge in [-0.1, -0.05) is 12.0 Å². The van der Waals surface area contributed by atoms with E-state index in [1.165, 1.54) is 11.9 Å². The first-order chi connectivity index (χ1) is 17.8. The number of alkyl halides is 6. The summed E-state index contributed by atoms with van der Waals surface area (Å²) in [5.41, 5.74) is 0.283. The SMILES string of the molecule is [CH2]Cc1nc2c(cc1CN(Cc1cc(C(F)(F)F)cc(C(F)(F)F)c1)c1nnn(C)n1)cc(CC)n2CC. The fourth-order valence-corrected chi connectivity index (χ4v) is 4.45. The van der Waals surface area contributed by atoms with Crippen molar-refractivity contribution in [3.8, 4) is 0 Å². The molecule has 0 aliphatic heterocycles. The molecule has 0 saturated carbocycles. The van der Waals surface area contributed by atoms with E-state index in [0.717, 1.165) is 34.5 Å². The Morgan fingerprint density at radius 2 is 1.58 bits per heavy atom. The first-order valence-electron chi connectivity index (χ1n) is 11.9. The van der Waals surface area contributed by atoms with E-state index in [0.29, 0.717) is 29.8 Å². The first-order valence-corrected chi connectivity index (χ1v) is 11.9. The summed E-state index contributed by atoms with van der Waals surface area (Å²) in [6.07, 6.45) is -8.78. The number of hydrogen-bond donors (Lipinski definition) is 0. The smallest absolute Gasteiger partial charge is 0.330 e. The van der Waals surface area contributed by atoms with E-state index < -0.39 is 23.5 Å². The van der Waals surface area contributed by atoms with Crippen molar-refractivity contribution < 1.29 is 26.3 Å². The molecule has 1 aromatic carbocycles. The Labute approximate surface area is 215 Å². The van der Waals surface area contributed by atoms with Gasteiger partial charge in [0.05, 0.1) is 18.2 Å². The number of aryl methyl sites for hydroxylation is 3. The molecule has 0 fully saturated rings. The van der Waals surface area contributed by atoms with E-state index in [2.05, 4.69) is 26.9 Å². The Morgan fingerprint density at radius 1 is 0.921 bits per heavy atom. The summed E-state index contributed by atoms with van der Waals surface area (Å²) in [7, 11) is 1.51. The summed E-state index contributed by atoms with van der Waals surface area (Å²) in [5.74, 6) is 0.0500. The van der Waals surface area contributed by atoms with Crippen molar-refractivity contribution in [2.75, 3.05) is 4.90 Å². The van der Waals surface area contributed by atoms with Gasteiger partial charge in [0.25, 0.3) is 5.95 Å². The van der Waals surface area contributed by atoms with E-state index >= 15 is 0 Å². The minimum absolute atomic E-state index is 0.0500. The molecule has 203 valence electrons. The monoisotopic (exact) mass is 538 g/mol. The fourth-order valence-electron chi connectivity index (χ4n) is 4.45. The van der Waals surface area contributed by atoms with Crippen molar-refractivity contribution in [3.05, 3.63) is 70.9 Å². The number of aromatic nitrogens is 6. The lowest BCUT2D eigenvalue weighted by Crippen LogP contribution is -2.25. The summed E-state index contributed by atoms with van der Waals surface area (Å²) in [6, 6.07) is 5.46. The molecular formula is C25H26F6N7. The van der Waals surface area contributed by atoms with Crippen LogP contribution >= 0.6 is 0 Å². The highest BCUT2D eigenvalue weighted by Crippen LogP contribution is 2.37. The first kappa shape index (κ1) is 27.4.